The number of anilines is 1. The van der Waals surface area contributed by atoms with Crippen LogP contribution in [0.15, 0.2) is 24.3 Å². The van der Waals surface area contributed by atoms with Crippen LogP contribution >= 0.6 is 11.5 Å². The van der Waals surface area contributed by atoms with Gasteiger partial charge in [-0.3, -0.25) is 0 Å². The Balaban J connectivity index is 1.95. The zero-order chi connectivity index (χ0) is 11.0. The van der Waals surface area contributed by atoms with Gasteiger partial charge in [0.1, 0.15) is 5.82 Å². The maximum absolute atomic E-state index is 5.52. The summed E-state index contributed by atoms with van der Waals surface area (Å²) < 4.78 is 4.13. The fourth-order valence-corrected chi connectivity index (χ4v) is 2.03. The Morgan fingerprint density at radius 2 is 2.12 bits per heavy atom. The van der Waals surface area contributed by atoms with E-state index in [0.29, 0.717) is 17.4 Å². The van der Waals surface area contributed by atoms with E-state index in [1.165, 1.54) is 11.5 Å². The molecular formula is C10H9N5S. The van der Waals surface area contributed by atoms with E-state index in [9.17, 15) is 0 Å². The highest BCUT2D eigenvalue weighted by Crippen LogP contribution is 2.13. The number of nitrogens with one attached hydrogen (secondary N) is 1. The molecule has 6 heteroatoms. The van der Waals surface area contributed by atoms with Gasteiger partial charge >= 0.3 is 0 Å². The number of nitrogen functional groups attached to an aromatic ring is 1. The maximum atomic E-state index is 5.52. The number of nitrogens with two attached hydrogens (primary N) is 1. The zero-order valence-electron chi connectivity index (χ0n) is 8.34. The highest BCUT2D eigenvalue weighted by atomic mass is 32.1. The topological polar surface area (TPSA) is 80.5 Å². The van der Waals surface area contributed by atoms with Crippen molar-refractivity contribution in [3.63, 3.8) is 0 Å². The number of hydrogen-bond donors (Lipinski definition) is 2. The monoisotopic (exact) mass is 231 g/mol. The van der Waals surface area contributed by atoms with Crippen molar-refractivity contribution >= 4 is 27.7 Å². The SMILES string of the molecule is Nc1nc(Cc2nc3ccccc3[nH]2)ns1. The van der Waals surface area contributed by atoms with E-state index in [2.05, 4.69) is 19.3 Å². The average molecular weight is 231 g/mol. The van der Waals surface area contributed by atoms with Crippen LogP contribution in [-0.2, 0) is 6.42 Å². The van der Waals surface area contributed by atoms with Gasteiger partial charge in [0.15, 0.2) is 11.0 Å². The molecule has 0 atom stereocenters. The number of aromatic nitrogens is 4. The minimum Gasteiger partial charge on any atom is -0.374 e. The molecule has 0 aliphatic heterocycles. The second kappa shape index (κ2) is 3.57. The molecule has 5 nitrogen and oxygen atoms in total. The van der Waals surface area contributed by atoms with Gasteiger partial charge in [-0.25, -0.2) is 9.97 Å². The number of H-pyrrole nitrogens is 1. The Labute approximate surface area is 95.5 Å². The molecule has 0 amide bonds. The van der Waals surface area contributed by atoms with Gasteiger partial charge in [-0.1, -0.05) is 12.1 Å². The molecule has 3 rings (SSSR count). The van der Waals surface area contributed by atoms with Crippen LogP contribution in [0.5, 0.6) is 0 Å². The Morgan fingerprint density at radius 3 is 2.88 bits per heavy atom. The van der Waals surface area contributed by atoms with Crippen LogP contribution in [0.4, 0.5) is 5.13 Å². The van der Waals surface area contributed by atoms with E-state index >= 15 is 0 Å². The summed E-state index contributed by atoms with van der Waals surface area (Å²) in [6.45, 7) is 0. The summed E-state index contributed by atoms with van der Waals surface area (Å²) in [6.07, 6.45) is 0.586. The normalized spacial score (nSPS) is 11.0. The van der Waals surface area contributed by atoms with E-state index in [1.54, 1.807) is 0 Å². The lowest BCUT2D eigenvalue weighted by molar-refractivity contribution is 0.961. The van der Waals surface area contributed by atoms with Crippen LogP contribution in [0.3, 0.4) is 0 Å². The van der Waals surface area contributed by atoms with Crippen molar-refractivity contribution in [1.29, 1.82) is 0 Å². The molecule has 2 aromatic heterocycles. The summed E-state index contributed by atoms with van der Waals surface area (Å²) >= 11 is 1.21. The van der Waals surface area contributed by atoms with E-state index < -0.39 is 0 Å². The number of benzene rings is 1. The third-order valence-corrected chi connectivity index (χ3v) is 2.83. The summed E-state index contributed by atoms with van der Waals surface area (Å²) in [5, 5.41) is 0.492. The largest absolute Gasteiger partial charge is 0.374 e. The number of rotatable bonds is 2. The van der Waals surface area contributed by atoms with Crippen LogP contribution in [-0.4, -0.2) is 19.3 Å². The smallest absolute Gasteiger partial charge is 0.199 e. The molecule has 16 heavy (non-hydrogen) atoms. The third-order valence-electron chi connectivity index (χ3n) is 2.25. The molecule has 1 aromatic carbocycles. The standard InChI is InChI=1S/C10H9N5S/c11-10-14-9(15-16-10)5-8-12-6-3-1-2-4-7(6)13-8/h1-4H,5H2,(H,12,13)(H2,11,14,15). The molecule has 3 aromatic rings. The molecule has 2 heterocycles. The zero-order valence-corrected chi connectivity index (χ0v) is 9.16. The lowest BCUT2D eigenvalue weighted by Gasteiger charge is -1.88. The van der Waals surface area contributed by atoms with Gasteiger partial charge in [-0.2, -0.15) is 4.37 Å². The van der Waals surface area contributed by atoms with Crippen LogP contribution in [0.25, 0.3) is 11.0 Å². The minimum atomic E-state index is 0.492. The summed E-state index contributed by atoms with van der Waals surface area (Å²) in [5.74, 6) is 1.57. The lowest BCUT2D eigenvalue weighted by Crippen LogP contribution is -1.93. The highest BCUT2D eigenvalue weighted by molar-refractivity contribution is 7.09. The fourth-order valence-electron chi connectivity index (χ4n) is 1.58. The number of para-hydroxylation sites is 2. The predicted octanol–water partition coefficient (Wildman–Crippen LogP) is 1.59. The number of imidazole rings is 1. The molecule has 0 aliphatic rings. The second-order valence-electron chi connectivity index (χ2n) is 3.43. The lowest BCUT2D eigenvalue weighted by atomic mass is 10.3. The van der Waals surface area contributed by atoms with Crippen molar-refractivity contribution < 1.29 is 0 Å². The number of hydrogen-bond acceptors (Lipinski definition) is 5. The Kier molecular flexibility index (Phi) is 2.07. The highest BCUT2D eigenvalue weighted by Gasteiger charge is 2.06. The van der Waals surface area contributed by atoms with Gasteiger partial charge in [0, 0.05) is 11.5 Å². The van der Waals surface area contributed by atoms with Gasteiger partial charge in [0.25, 0.3) is 0 Å². The molecule has 3 N–H and O–H groups in total. The molecule has 0 fully saturated rings. The molecule has 0 saturated carbocycles. The van der Waals surface area contributed by atoms with E-state index in [4.69, 9.17) is 5.73 Å². The number of fused-ring (bicyclic) bond motifs is 1. The Morgan fingerprint density at radius 1 is 1.25 bits per heavy atom. The predicted molar refractivity (Wildman–Crippen MR) is 63.2 cm³/mol. The van der Waals surface area contributed by atoms with Crippen LogP contribution < -0.4 is 5.73 Å². The van der Waals surface area contributed by atoms with Crippen LogP contribution in [0, 0.1) is 0 Å². The molecule has 0 spiro atoms. The van der Waals surface area contributed by atoms with E-state index in [0.717, 1.165) is 16.9 Å². The van der Waals surface area contributed by atoms with E-state index in [1.807, 2.05) is 24.3 Å². The van der Waals surface area contributed by atoms with Crippen molar-refractivity contribution in [2.24, 2.45) is 0 Å². The third kappa shape index (κ3) is 1.63. The number of aromatic amines is 1. The first-order chi connectivity index (χ1) is 7.81. The second-order valence-corrected chi connectivity index (χ2v) is 4.21. The first-order valence-electron chi connectivity index (χ1n) is 4.83. The van der Waals surface area contributed by atoms with Gasteiger partial charge in [0.2, 0.25) is 0 Å². The molecule has 0 aliphatic carbocycles. The summed E-state index contributed by atoms with van der Waals surface area (Å²) in [6, 6.07) is 7.91. The maximum Gasteiger partial charge on any atom is 0.199 e. The molecular weight excluding hydrogens is 222 g/mol. The van der Waals surface area contributed by atoms with Crippen molar-refractivity contribution in [2.45, 2.75) is 6.42 Å². The summed E-state index contributed by atoms with van der Waals surface area (Å²) in [7, 11) is 0. The van der Waals surface area contributed by atoms with Gasteiger partial charge < -0.3 is 10.7 Å². The van der Waals surface area contributed by atoms with Crippen LogP contribution in [0.2, 0.25) is 0 Å². The van der Waals surface area contributed by atoms with Crippen molar-refractivity contribution in [3.8, 4) is 0 Å². The molecule has 0 saturated heterocycles. The van der Waals surface area contributed by atoms with Crippen LogP contribution in [0.1, 0.15) is 11.6 Å². The summed E-state index contributed by atoms with van der Waals surface area (Å²) in [5.41, 5.74) is 7.51. The van der Waals surface area contributed by atoms with Gasteiger partial charge in [-0.15, -0.1) is 0 Å². The van der Waals surface area contributed by atoms with Gasteiger partial charge in [0.05, 0.1) is 17.5 Å². The average Bonchev–Trinajstić information content (AvgIpc) is 2.84. The Bertz CT molecular complexity index is 594. The van der Waals surface area contributed by atoms with Crippen molar-refractivity contribution in [1.82, 2.24) is 19.3 Å². The molecule has 0 unspecified atom stereocenters. The van der Waals surface area contributed by atoms with E-state index in [-0.39, 0.29) is 0 Å². The Hall–Kier alpha value is -1.95. The molecule has 80 valence electrons. The first kappa shape index (κ1) is 9.29. The van der Waals surface area contributed by atoms with Crippen molar-refractivity contribution in [2.75, 3.05) is 5.73 Å². The molecule has 0 bridgehead atoms. The molecule has 0 radical (unpaired) electrons. The first-order valence-corrected chi connectivity index (χ1v) is 5.60. The number of nitrogens with zero attached hydrogens (tertiary/aromatic N) is 3. The summed E-state index contributed by atoms with van der Waals surface area (Å²) in [4.78, 5) is 11.8. The minimum absolute atomic E-state index is 0.492. The quantitative estimate of drug-likeness (QED) is 0.701. The van der Waals surface area contributed by atoms with Crippen molar-refractivity contribution in [3.05, 3.63) is 35.9 Å². The fraction of sp³-hybridized carbons (Fsp3) is 0.100. The van der Waals surface area contributed by atoms with Gasteiger partial charge in [-0.05, 0) is 12.1 Å².